The lowest BCUT2D eigenvalue weighted by Gasteiger charge is -2.27. The Hall–Kier alpha value is -2.97. The van der Waals surface area contributed by atoms with E-state index >= 15 is 0 Å². The summed E-state index contributed by atoms with van der Waals surface area (Å²) in [6.45, 7) is 1.70. The minimum atomic E-state index is -0.294. The third kappa shape index (κ3) is 4.16. The maximum Gasteiger partial charge on any atom is 0.254 e. The van der Waals surface area contributed by atoms with Crippen LogP contribution in [-0.4, -0.2) is 55.5 Å². The predicted octanol–water partition coefficient (Wildman–Crippen LogP) is 4.49. The third-order valence-electron chi connectivity index (χ3n) is 7.11. The van der Waals surface area contributed by atoms with Crippen LogP contribution in [0.25, 0.3) is 15.9 Å². The highest BCUT2D eigenvalue weighted by atomic mass is 32.1. The first kappa shape index (κ1) is 21.6. The zero-order valence-electron chi connectivity index (χ0n) is 19.1. The summed E-state index contributed by atoms with van der Waals surface area (Å²) in [4.78, 5) is 24.0. The van der Waals surface area contributed by atoms with E-state index in [-0.39, 0.29) is 18.1 Å². The van der Waals surface area contributed by atoms with Gasteiger partial charge in [0, 0.05) is 43.2 Å². The van der Waals surface area contributed by atoms with Crippen molar-refractivity contribution >= 4 is 38.2 Å². The highest BCUT2D eigenvalue weighted by Gasteiger charge is 2.24. The molecular formula is C26H29N5O2S. The lowest BCUT2D eigenvalue weighted by atomic mass is 9.93. The number of aliphatic hydroxyl groups excluding tert-OH is 1. The minimum Gasteiger partial charge on any atom is -0.391 e. The van der Waals surface area contributed by atoms with Crippen molar-refractivity contribution in [2.24, 2.45) is 0 Å². The summed E-state index contributed by atoms with van der Waals surface area (Å²) in [6.07, 6.45) is 10.6. The average Bonchev–Trinajstić information content (AvgIpc) is 3.60. The fourth-order valence-corrected chi connectivity index (χ4v) is 6.18. The molecule has 2 fully saturated rings. The van der Waals surface area contributed by atoms with E-state index in [2.05, 4.69) is 32.9 Å². The Bertz CT molecular complexity index is 1340. The summed E-state index contributed by atoms with van der Waals surface area (Å²) in [5.41, 5.74) is 4.77. The average molecular weight is 476 g/mol. The Morgan fingerprint density at radius 3 is 2.82 bits per heavy atom. The van der Waals surface area contributed by atoms with Gasteiger partial charge in [-0.3, -0.25) is 4.79 Å². The number of hydrogen-bond acceptors (Lipinski definition) is 6. The fraction of sp³-hybridized carbons (Fsp3) is 0.423. The lowest BCUT2D eigenvalue weighted by molar-refractivity contribution is 0.0792. The van der Waals surface area contributed by atoms with Crippen molar-refractivity contribution in [3.63, 3.8) is 0 Å². The zero-order chi connectivity index (χ0) is 23.1. The first-order valence-electron chi connectivity index (χ1n) is 12.2. The molecule has 6 rings (SSSR count). The second-order valence-electron chi connectivity index (χ2n) is 9.49. The highest BCUT2D eigenvalue weighted by molar-refractivity contribution is 7.22. The molecule has 8 heteroatoms. The molecule has 1 aliphatic carbocycles. The van der Waals surface area contributed by atoms with E-state index in [9.17, 15) is 9.90 Å². The topological polar surface area (TPSA) is 82.8 Å². The van der Waals surface area contributed by atoms with Crippen LogP contribution in [0.5, 0.6) is 0 Å². The zero-order valence-corrected chi connectivity index (χ0v) is 19.9. The maximum atomic E-state index is 12.7. The van der Waals surface area contributed by atoms with Gasteiger partial charge >= 0.3 is 0 Å². The van der Waals surface area contributed by atoms with Crippen LogP contribution in [0.15, 0.2) is 42.7 Å². The molecule has 1 amide bonds. The Morgan fingerprint density at radius 1 is 1.12 bits per heavy atom. The lowest BCUT2D eigenvalue weighted by Crippen LogP contribution is -2.36. The van der Waals surface area contributed by atoms with E-state index in [1.54, 1.807) is 11.3 Å². The van der Waals surface area contributed by atoms with Crippen molar-refractivity contribution in [2.75, 3.05) is 18.4 Å². The maximum absolute atomic E-state index is 12.7. The number of aromatic nitrogens is 3. The van der Waals surface area contributed by atoms with E-state index in [4.69, 9.17) is 4.98 Å². The van der Waals surface area contributed by atoms with Gasteiger partial charge in [0.25, 0.3) is 5.91 Å². The standard InChI is InChI=1S/C26H29N5O2S/c32-22-6-2-1-5-20(22)28-26-29-21-8-7-17(14-23(21)34-26)13-19-16-27-24-15-18(9-12-31(19)24)25(33)30-10-3-4-11-30/h7-9,12,14-16,20,22,32H,1-6,10-11,13H2,(H,28,29)/t20-,22-/m1/s1. The number of rotatable bonds is 5. The van der Waals surface area contributed by atoms with Crippen LogP contribution in [0.4, 0.5) is 5.13 Å². The van der Waals surface area contributed by atoms with Crippen molar-refractivity contribution < 1.29 is 9.90 Å². The fourth-order valence-electron chi connectivity index (χ4n) is 5.19. The van der Waals surface area contributed by atoms with Gasteiger partial charge in [0.15, 0.2) is 5.13 Å². The number of imidazole rings is 1. The number of carbonyl (C=O) groups excluding carboxylic acids is 1. The second-order valence-corrected chi connectivity index (χ2v) is 10.5. The summed E-state index contributed by atoms with van der Waals surface area (Å²) >= 11 is 1.64. The van der Waals surface area contributed by atoms with Crippen LogP contribution in [0.3, 0.4) is 0 Å². The van der Waals surface area contributed by atoms with Crippen LogP contribution in [0.2, 0.25) is 0 Å². The van der Waals surface area contributed by atoms with Crippen molar-refractivity contribution in [3.05, 3.63) is 59.5 Å². The Morgan fingerprint density at radius 2 is 1.97 bits per heavy atom. The number of fused-ring (bicyclic) bond motifs is 2. The molecule has 1 aromatic carbocycles. The molecule has 1 aliphatic heterocycles. The van der Waals surface area contributed by atoms with Crippen molar-refractivity contribution in [1.29, 1.82) is 0 Å². The summed E-state index contributed by atoms with van der Waals surface area (Å²) < 4.78 is 3.20. The van der Waals surface area contributed by atoms with E-state index in [1.807, 2.05) is 29.4 Å². The highest BCUT2D eigenvalue weighted by Crippen LogP contribution is 2.30. The first-order valence-corrected chi connectivity index (χ1v) is 13.0. The Balaban J connectivity index is 1.20. The van der Waals surface area contributed by atoms with Gasteiger partial charge < -0.3 is 19.7 Å². The van der Waals surface area contributed by atoms with E-state index < -0.39 is 0 Å². The largest absolute Gasteiger partial charge is 0.391 e. The molecule has 1 saturated heterocycles. The van der Waals surface area contributed by atoms with Crippen LogP contribution in [-0.2, 0) is 6.42 Å². The van der Waals surface area contributed by atoms with Gasteiger partial charge in [0.05, 0.1) is 22.4 Å². The number of amides is 1. The minimum absolute atomic E-state index is 0.0918. The van der Waals surface area contributed by atoms with E-state index in [1.165, 1.54) is 5.56 Å². The molecule has 1 saturated carbocycles. The van der Waals surface area contributed by atoms with Crippen molar-refractivity contribution in [1.82, 2.24) is 19.3 Å². The van der Waals surface area contributed by atoms with E-state index in [0.29, 0.717) is 5.56 Å². The molecule has 4 heterocycles. The molecule has 0 bridgehead atoms. The van der Waals surface area contributed by atoms with Crippen LogP contribution < -0.4 is 5.32 Å². The molecule has 0 unspecified atom stereocenters. The first-order chi connectivity index (χ1) is 16.6. The SMILES string of the molecule is O=C(c1ccn2c(Cc3ccc4nc(N[C@@H]5CCCC[C@H]5O)sc4c3)cnc2c1)N1CCCC1. The van der Waals surface area contributed by atoms with Crippen molar-refractivity contribution in [3.8, 4) is 0 Å². The number of carbonyl (C=O) groups is 1. The van der Waals surface area contributed by atoms with Crippen LogP contribution in [0.1, 0.15) is 60.1 Å². The number of aliphatic hydroxyl groups is 1. The molecule has 7 nitrogen and oxygen atoms in total. The Kier molecular flexibility index (Phi) is 5.71. The monoisotopic (exact) mass is 475 g/mol. The molecule has 34 heavy (non-hydrogen) atoms. The van der Waals surface area contributed by atoms with Gasteiger partial charge in [-0.05, 0) is 55.5 Å². The molecule has 2 N–H and O–H groups in total. The number of likely N-dealkylation sites (tertiary alicyclic amines) is 1. The predicted molar refractivity (Wildman–Crippen MR) is 135 cm³/mol. The number of nitrogens with zero attached hydrogens (tertiary/aromatic N) is 4. The van der Waals surface area contributed by atoms with Gasteiger partial charge in [0.1, 0.15) is 5.65 Å². The molecule has 176 valence electrons. The van der Waals surface area contributed by atoms with Gasteiger partial charge in [-0.15, -0.1) is 0 Å². The summed E-state index contributed by atoms with van der Waals surface area (Å²) in [7, 11) is 0. The number of thiazole rings is 1. The second kappa shape index (κ2) is 9.00. The molecule has 0 spiro atoms. The summed E-state index contributed by atoms with van der Waals surface area (Å²) in [6, 6.07) is 10.3. The normalized spacial score (nSPS) is 20.9. The van der Waals surface area contributed by atoms with Crippen LogP contribution in [0, 0.1) is 0 Å². The smallest absolute Gasteiger partial charge is 0.254 e. The third-order valence-corrected chi connectivity index (χ3v) is 8.06. The molecule has 0 radical (unpaired) electrons. The quantitative estimate of drug-likeness (QED) is 0.445. The molecule has 3 aromatic heterocycles. The van der Waals surface area contributed by atoms with Gasteiger partial charge in [-0.25, -0.2) is 9.97 Å². The number of pyridine rings is 1. The van der Waals surface area contributed by atoms with Crippen LogP contribution >= 0.6 is 11.3 Å². The Labute approximate surface area is 202 Å². The molecular weight excluding hydrogens is 446 g/mol. The van der Waals surface area contributed by atoms with Crippen molar-refractivity contribution in [2.45, 2.75) is 57.1 Å². The van der Waals surface area contributed by atoms with Gasteiger partial charge in [-0.2, -0.15) is 0 Å². The molecule has 4 aromatic rings. The number of benzene rings is 1. The number of anilines is 1. The summed E-state index contributed by atoms with van der Waals surface area (Å²) in [5, 5.41) is 14.6. The number of hydrogen-bond donors (Lipinski definition) is 2. The summed E-state index contributed by atoms with van der Waals surface area (Å²) in [5.74, 6) is 0.102. The number of nitrogens with one attached hydrogen (secondary N) is 1. The van der Waals surface area contributed by atoms with E-state index in [0.717, 1.165) is 84.7 Å². The van der Waals surface area contributed by atoms with Gasteiger partial charge in [0.2, 0.25) is 0 Å². The van der Waals surface area contributed by atoms with Gasteiger partial charge in [-0.1, -0.05) is 30.2 Å². The molecule has 2 aliphatic rings. The molecule has 2 atom stereocenters.